The summed E-state index contributed by atoms with van der Waals surface area (Å²) in [6.45, 7) is 16.7. The molecule has 23 heavy (non-hydrogen) atoms. The lowest BCUT2D eigenvalue weighted by Crippen LogP contribution is -2.47. The van der Waals surface area contributed by atoms with E-state index in [0.717, 1.165) is 10.7 Å². The van der Waals surface area contributed by atoms with Crippen LogP contribution in [0, 0.1) is 19.8 Å². The lowest BCUT2D eigenvalue weighted by molar-refractivity contribution is 0.0489. The predicted octanol–water partition coefficient (Wildman–Crippen LogP) is 3.96. The van der Waals surface area contributed by atoms with Crippen LogP contribution in [-0.4, -0.2) is 29.3 Å². The van der Waals surface area contributed by atoms with Crippen LogP contribution in [0.25, 0.3) is 0 Å². The van der Waals surface area contributed by atoms with Gasteiger partial charge in [0.1, 0.15) is 5.60 Å². The maximum absolute atomic E-state index is 12.0. The van der Waals surface area contributed by atoms with Gasteiger partial charge in [0.15, 0.2) is 0 Å². The quantitative estimate of drug-likeness (QED) is 0.822. The minimum atomic E-state index is -0.485. The zero-order valence-corrected chi connectivity index (χ0v) is 16.4. The number of rotatable bonds is 6. The Balaban J connectivity index is 2.59. The summed E-state index contributed by atoms with van der Waals surface area (Å²) in [4.78, 5) is 17.8. The van der Waals surface area contributed by atoms with Crippen LogP contribution in [0.3, 0.4) is 0 Å². The summed E-state index contributed by atoms with van der Waals surface area (Å²) in [5, 5.41) is 7.52. The predicted molar refractivity (Wildman–Crippen MR) is 96.0 cm³/mol. The third-order valence-corrected chi connectivity index (χ3v) is 4.40. The molecule has 0 bridgehead atoms. The van der Waals surface area contributed by atoms with Crippen LogP contribution < -0.4 is 10.6 Å². The normalized spacial score (nSPS) is 14.7. The molecule has 0 radical (unpaired) electrons. The fourth-order valence-corrected chi connectivity index (χ4v) is 3.17. The van der Waals surface area contributed by atoms with Gasteiger partial charge in [0.2, 0.25) is 0 Å². The number of carbonyl (C=O) groups is 1. The maximum Gasteiger partial charge on any atom is 0.407 e. The molecule has 2 atom stereocenters. The van der Waals surface area contributed by atoms with E-state index in [1.54, 1.807) is 11.3 Å². The van der Waals surface area contributed by atoms with Crippen LogP contribution >= 0.6 is 11.3 Å². The third kappa shape index (κ3) is 6.87. The van der Waals surface area contributed by atoms with Crippen molar-refractivity contribution in [1.82, 2.24) is 15.6 Å². The Morgan fingerprint density at radius 3 is 2.30 bits per heavy atom. The number of alkyl carbamates (subject to hydrolysis) is 1. The van der Waals surface area contributed by atoms with Crippen LogP contribution in [0.5, 0.6) is 0 Å². The molecule has 2 unspecified atom stereocenters. The van der Waals surface area contributed by atoms with Crippen molar-refractivity contribution in [3.05, 3.63) is 15.6 Å². The van der Waals surface area contributed by atoms with Gasteiger partial charge in [-0.05, 0) is 47.5 Å². The van der Waals surface area contributed by atoms with E-state index in [0.29, 0.717) is 12.5 Å². The molecule has 0 aliphatic heterocycles. The van der Waals surface area contributed by atoms with Gasteiger partial charge < -0.3 is 15.4 Å². The second-order valence-corrected chi connectivity index (χ2v) is 8.71. The second-order valence-electron chi connectivity index (χ2n) is 7.30. The van der Waals surface area contributed by atoms with Crippen LogP contribution in [0.4, 0.5) is 4.79 Å². The minimum absolute atomic E-state index is 0.00680. The van der Waals surface area contributed by atoms with Crippen LogP contribution in [-0.2, 0) is 4.74 Å². The van der Waals surface area contributed by atoms with Gasteiger partial charge in [-0.15, -0.1) is 11.3 Å². The van der Waals surface area contributed by atoms with Crippen molar-refractivity contribution < 1.29 is 9.53 Å². The standard InChI is InChI=1S/C17H31N3O2S/c1-10(2)14(20-16(21)22-17(6,7)8)9-18-11(3)15-12(4)23-13(5)19-15/h10-11,14,18H,9H2,1-8H3,(H,20,21). The summed E-state index contributed by atoms with van der Waals surface area (Å²) >= 11 is 1.71. The fraction of sp³-hybridized carbons (Fsp3) is 0.765. The first-order valence-corrected chi connectivity index (χ1v) is 8.98. The molecule has 6 heteroatoms. The molecule has 0 saturated heterocycles. The van der Waals surface area contributed by atoms with Crippen molar-refractivity contribution in [2.24, 2.45) is 5.92 Å². The molecule has 0 aromatic carbocycles. The van der Waals surface area contributed by atoms with Crippen molar-refractivity contribution >= 4 is 17.4 Å². The number of amides is 1. The third-order valence-electron chi connectivity index (χ3n) is 3.50. The molecule has 132 valence electrons. The number of nitrogens with one attached hydrogen (secondary N) is 2. The molecule has 0 fully saturated rings. The number of thiazole rings is 1. The molecular formula is C17H31N3O2S. The van der Waals surface area contributed by atoms with Gasteiger partial charge in [0, 0.05) is 23.5 Å². The highest BCUT2D eigenvalue weighted by Crippen LogP contribution is 2.22. The number of ether oxygens (including phenoxy) is 1. The first-order valence-electron chi connectivity index (χ1n) is 8.16. The van der Waals surface area contributed by atoms with E-state index in [1.807, 2.05) is 27.7 Å². The van der Waals surface area contributed by atoms with Gasteiger partial charge in [-0.3, -0.25) is 0 Å². The SMILES string of the molecule is Cc1nc(C(C)NCC(NC(=O)OC(C)(C)C)C(C)C)c(C)s1. The lowest BCUT2D eigenvalue weighted by atomic mass is 10.0. The molecule has 0 spiro atoms. The number of aryl methyl sites for hydroxylation is 2. The monoisotopic (exact) mass is 341 g/mol. The van der Waals surface area contributed by atoms with Crippen molar-refractivity contribution in [2.75, 3.05) is 6.54 Å². The Hall–Kier alpha value is -1.14. The molecular weight excluding hydrogens is 310 g/mol. The first-order chi connectivity index (χ1) is 10.5. The average Bonchev–Trinajstić information content (AvgIpc) is 2.70. The minimum Gasteiger partial charge on any atom is -0.444 e. The van der Waals surface area contributed by atoms with E-state index in [9.17, 15) is 4.79 Å². The van der Waals surface area contributed by atoms with Crippen molar-refractivity contribution in [3.8, 4) is 0 Å². The topological polar surface area (TPSA) is 63.2 Å². The van der Waals surface area contributed by atoms with Crippen molar-refractivity contribution in [3.63, 3.8) is 0 Å². The summed E-state index contributed by atoms with van der Waals surface area (Å²) in [7, 11) is 0. The number of hydrogen-bond acceptors (Lipinski definition) is 5. The van der Waals surface area contributed by atoms with E-state index < -0.39 is 5.60 Å². The van der Waals surface area contributed by atoms with Gasteiger partial charge in [0.05, 0.1) is 10.7 Å². The summed E-state index contributed by atoms with van der Waals surface area (Å²) in [6.07, 6.45) is -0.369. The zero-order chi connectivity index (χ0) is 17.8. The van der Waals surface area contributed by atoms with E-state index in [4.69, 9.17) is 4.74 Å². The maximum atomic E-state index is 12.0. The fourth-order valence-electron chi connectivity index (χ4n) is 2.26. The molecule has 1 aromatic rings. The molecule has 1 rings (SSSR count). The van der Waals surface area contributed by atoms with Crippen LogP contribution in [0.2, 0.25) is 0 Å². The van der Waals surface area contributed by atoms with Gasteiger partial charge in [-0.25, -0.2) is 9.78 Å². The van der Waals surface area contributed by atoms with Gasteiger partial charge >= 0.3 is 6.09 Å². The van der Waals surface area contributed by atoms with Crippen LogP contribution in [0.1, 0.15) is 63.2 Å². The van der Waals surface area contributed by atoms with Gasteiger partial charge in [0.25, 0.3) is 0 Å². The Kier molecular flexibility index (Phi) is 7.02. The molecule has 0 aliphatic rings. The average molecular weight is 342 g/mol. The second kappa shape index (κ2) is 8.11. The van der Waals surface area contributed by atoms with Crippen molar-refractivity contribution in [2.45, 2.75) is 73.1 Å². The molecule has 2 N–H and O–H groups in total. The van der Waals surface area contributed by atoms with E-state index in [2.05, 4.69) is 43.3 Å². The summed E-state index contributed by atoms with van der Waals surface area (Å²) in [5.41, 5.74) is 0.606. The number of carbonyl (C=O) groups excluding carboxylic acids is 1. The van der Waals surface area contributed by atoms with E-state index >= 15 is 0 Å². The van der Waals surface area contributed by atoms with E-state index in [-0.39, 0.29) is 18.2 Å². The van der Waals surface area contributed by atoms with Crippen LogP contribution in [0.15, 0.2) is 0 Å². The van der Waals surface area contributed by atoms with Crippen molar-refractivity contribution in [1.29, 1.82) is 0 Å². The molecule has 1 heterocycles. The number of hydrogen-bond donors (Lipinski definition) is 2. The number of nitrogens with zero attached hydrogens (tertiary/aromatic N) is 1. The molecule has 0 aliphatic carbocycles. The smallest absolute Gasteiger partial charge is 0.407 e. The molecule has 5 nitrogen and oxygen atoms in total. The molecule has 0 saturated carbocycles. The Bertz CT molecular complexity index is 520. The van der Waals surface area contributed by atoms with E-state index in [1.165, 1.54) is 4.88 Å². The van der Waals surface area contributed by atoms with Gasteiger partial charge in [-0.1, -0.05) is 13.8 Å². The first kappa shape index (κ1) is 19.9. The number of aromatic nitrogens is 1. The summed E-state index contributed by atoms with van der Waals surface area (Å²) < 4.78 is 5.34. The summed E-state index contributed by atoms with van der Waals surface area (Å²) in [6, 6.07) is 0.161. The highest BCUT2D eigenvalue weighted by atomic mass is 32.1. The highest BCUT2D eigenvalue weighted by molar-refractivity contribution is 7.11. The lowest BCUT2D eigenvalue weighted by Gasteiger charge is -2.27. The Labute approximate surface area is 144 Å². The van der Waals surface area contributed by atoms with Gasteiger partial charge in [-0.2, -0.15) is 0 Å². The molecule has 1 aromatic heterocycles. The Morgan fingerprint density at radius 2 is 1.87 bits per heavy atom. The molecule has 1 amide bonds. The highest BCUT2D eigenvalue weighted by Gasteiger charge is 2.22. The zero-order valence-electron chi connectivity index (χ0n) is 15.6. The largest absolute Gasteiger partial charge is 0.444 e. The summed E-state index contributed by atoms with van der Waals surface area (Å²) in [5.74, 6) is 0.306. The Morgan fingerprint density at radius 1 is 1.26 bits per heavy atom.